The van der Waals surface area contributed by atoms with Gasteiger partial charge in [-0.2, -0.15) is 0 Å². The van der Waals surface area contributed by atoms with Crippen LogP contribution in [0.1, 0.15) is 0 Å². The average Bonchev–Trinajstić information content (AvgIpc) is 1.38. The summed E-state index contributed by atoms with van der Waals surface area (Å²) < 4.78 is 0. The van der Waals surface area contributed by atoms with Crippen LogP contribution >= 0.6 is 12.2 Å². The molecule has 3 heteroatoms. The minimum atomic E-state index is -1.31. The van der Waals surface area contributed by atoms with Crippen molar-refractivity contribution >= 4 is 23.6 Å². The Hall–Kier alpha value is -0.440. The zero-order chi connectivity index (χ0) is 4.28. The van der Waals surface area contributed by atoms with E-state index in [4.69, 9.17) is 9.90 Å². The van der Waals surface area contributed by atoms with Crippen molar-refractivity contribution in [2.45, 2.75) is 0 Å². The van der Waals surface area contributed by atoms with Crippen molar-refractivity contribution < 1.29 is 9.90 Å². The van der Waals surface area contributed by atoms with E-state index in [1.165, 1.54) is 0 Å². The second-order valence-corrected chi connectivity index (χ2v) is 0.673. The summed E-state index contributed by atoms with van der Waals surface area (Å²) in [7, 11) is 0. The maximum Gasteiger partial charge on any atom is 0.0750 e. The molecule has 0 rings (SSSR count). The van der Waals surface area contributed by atoms with Crippen molar-refractivity contribution in [1.29, 1.82) is 0 Å². The summed E-state index contributed by atoms with van der Waals surface area (Å²) in [5.41, 5.74) is 0. The maximum absolute atomic E-state index is 9.10. The number of carboxylic acid groups (broad SMARTS) is 1. The van der Waals surface area contributed by atoms with Gasteiger partial charge in [-0.3, -0.25) is 0 Å². The van der Waals surface area contributed by atoms with Gasteiger partial charge in [-0.1, -0.05) is 12.2 Å². The summed E-state index contributed by atoms with van der Waals surface area (Å²) in [6.45, 7) is 0. The highest BCUT2D eigenvalue weighted by atomic mass is 32.1. The normalized spacial score (nSPS) is 6.40. The van der Waals surface area contributed by atoms with Crippen LogP contribution in [0, 0.1) is 0 Å². The molecule has 5 heavy (non-hydrogen) atoms. The largest absolute Gasteiger partial charge is 0.545 e. The summed E-state index contributed by atoms with van der Waals surface area (Å²) in [6.07, 6.45) is 0. The lowest BCUT2D eigenvalue weighted by atomic mass is 10.8. The molecular formula is C2HO2S-. The van der Waals surface area contributed by atoms with Gasteiger partial charge in [0.05, 0.1) is 5.97 Å². The number of thiocarbonyl (C=S) groups is 1. The first-order valence-corrected chi connectivity index (χ1v) is 1.40. The van der Waals surface area contributed by atoms with Crippen molar-refractivity contribution in [3.63, 3.8) is 0 Å². The predicted molar refractivity (Wildman–Crippen MR) is 18.7 cm³/mol. The smallest absolute Gasteiger partial charge is 0.0750 e. The highest BCUT2D eigenvalue weighted by Crippen LogP contribution is 1.40. The molecule has 0 aliphatic heterocycles. The Morgan fingerprint density at radius 3 is 2.20 bits per heavy atom. The topological polar surface area (TPSA) is 40.1 Å². The molecular weight excluding hydrogens is 88.1 g/mol. The van der Waals surface area contributed by atoms with E-state index in [0.29, 0.717) is 5.37 Å². The van der Waals surface area contributed by atoms with Gasteiger partial charge >= 0.3 is 0 Å². The van der Waals surface area contributed by atoms with E-state index in [9.17, 15) is 0 Å². The molecule has 0 aromatic rings. The molecule has 0 saturated heterocycles. The molecule has 0 amide bonds. The molecule has 0 aromatic carbocycles. The Kier molecular flexibility index (Phi) is 1.68. The Morgan fingerprint density at radius 2 is 2.20 bits per heavy atom. The van der Waals surface area contributed by atoms with Crippen LogP contribution in [0.25, 0.3) is 0 Å². The lowest BCUT2D eigenvalue weighted by molar-refractivity contribution is -0.293. The van der Waals surface area contributed by atoms with Crippen molar-refractivity contribution in [3.05, 3.63) is 0 Å². The first kappa shape index (κ1) is 4.56. The van der Waals surface area contributed by atoms with Crippen LogP contribution in [-0.2, 0) is 4.79 Å². The molecule has 0 aliphatic carbocycles. The lowest BCUT2D eigenvalue weighted by Crippen LogP contribution is -2.21. The Bertz CT molecular complexity index is 58.7. The van der Waals surface area contributed by atoms with E-state index in [-0.39, 0.29) is 0 Å². The van der Waals surface area contributed by atoms with E-state index in [1.807, 2.05) is 0 Å². The number of aliphatic carboxylic acids is 1. The molecule has 28 valence electrons. The van der Waals surface area contributed by atoms with E-state index >= 15 is 0 Å². The fraction of sp³-hybridized carbons (Fsp3) is 0. The molecule has 2 nitrogen and oxygen atoms in total. The van der Waals surface area contributed by atoms with Gasteiger partial charge in [0.1, 0.15) is 0 Å². The molecule has 0 unspecified atom stereocenters. The molecule has 0 spiro atoms. The molecule has 0 radical (unpaired) electrons. The van der Waals surface area contributed by atoms with E-state index in [0.717, 1.165) is 0 Å². The second kappa shape index (κ2) is 1.84. The lowest BCUT2D eigenvalue weighted by Gasteiger charge is -1.79. The maximum atomic E-state index is 9.10. The summed E-state index contributed by atoms with van der Waals surface area (Å²) in [6, 6.07) is 0. The van der Waals surface area contributed by atoms with Crippen molar-refractivity contribution in [2.24, 2.45) is 0 Å². The van der Waals surface area contributed by atoms with Crippen LogP contribution in [0.5, 0.6) is 0 Å². The fourth-order valence-electron chi connectivity index (χ4n) is 0. The minimum Gasteiger partial charge on any atom is -0.545 e. The molecule has 0 aliphatic rings. The van der Waals surface area contributed by atoms with Crippen LogP contribution in [-0.4, -0.2) is 11.3 Å². The SMILES string of the molecule is O=C([O-])C=S. The van der Waals surface area contributed by atoms with Crippen molar-refractivity contribution in [1.82, 2.24) is 0 Å². The van der Waals surface area contributed by atoms with E-state index in [2.05, 4.69) is 12.2 Å². The Balaban J connectivity index is 3.20. The van der Waals surface area contributed by atoms with Gasteiger partial charge in [-0.05, 0) is 0 Å². The van der Waals surface area contributed by atoms with Crippen molar-refractivity contribution in [3.8, 4) is 0 Å². The first-order chi connectivity index (χ1) is 2.27. The number of hydrogen-bond acceptors (Lipinski definition) is 3. The van der Waals surface area contributed by atoms with Gasteiger partial charge in [0, 0.05) is 5.37 Å². The average molecular weight is 89.1 g/mol. The number of carbonyl (C=O) groups is 1. The Morgan fingerprint density at radius 1 is 2.00 bits per heavy atom. The standard InChI is InChI=1S/C2H2O2S/c3-2(4)1-5/h1H,(H,3,4)/p-1. The molecule has 0 atom stereocenters. The fourth-order valence-corrected chi connectivity index (χ4v) is 0. The van der Waals surface area contributed by atoms with Crippen molar-refractivity contribution in [2.75, 3.05) is 0 Å². The quantitative estimate of drug-likeness (QED) is 0.376. The van der Waals surface area contributed by atoms with E-state index < -0.39 is 5.97 Å². The van der Waals surface area contributed by atoms with Gasteiger partial charge < -0.3 is 9.90 Å². The van der Waals surface area contributed by atoms with Gasteiger partial charge in [-0.15, -0.1) is 0 Å². The molecule has 0 aromatic heterocycles. The molecule has 0 fully saturated rings. The van der Waals surface area contributed by atoms with E-state index in [1.54, 1.807) is 0 Å². The van der Waals surface area contributed by atoms with Gasteiger partial charge in [0.25, 0.3) is 0 Å². The number of carbonyl (C=O) groups excluding carboxylic acids is 1. The number of rotatable bonds is 1. The van der Waals surface area contributed by atoms with Gasteiger partial charge in [-0.25, -0.2) is 0 Å². The molecule has 0 bridgehead atoms. The highest BCUT2D eigenvalue weighted by molar-refractivity contribution is 7.80. The highest BCUT2D eigenvalue weighted by Gasteiger charge is 1.58. The third-order valence-corrected chi connectivity index (χ3v) is 0.289. The molecule has 0 saturated carbocycles. The second-order valence-electron chi connectivity index (χ2n) is 0.437. The third-order valence-electron chi connectivity index (χ3n) is 0.0962. The zero-order valence-electron chi connectivity index (χ0n) is 2.30. The van der Waals surface area contributed by atoms with Crippen LogP contribution in [0.2, 0.25) is 0 Å². The predicted octanol–water partition coefficient (Wildman–Crippen LogP) is -1.26. The molecule has 0 heterocycles. The summed E-state index contributed by atoms with van der Waals surface area (Å²) in [5.74, 6) is -1.31. The first-order valence-electron chi connectivity index (χ1n) is 0.933. The van der Waals surface area contributed by atoms with Crippen LogP contribution in [0.3, 0.4) is 0 Å². The van der Waals surface area contributed by atoms with Crippen LogP contribution in [0.15, 0.2) is 0 Å². The monoisotopic (exact) mass is 89.0 g/mol. The summed E-state index contributed by atoms with van der Waals surface area (Å²) in [4.78, 5) is 9.10. The Labute approximate surface area is 34.4 Å². The number of hydrogen-bond donors (Lipinski definition) is 0. The van der Waals surface area contributed by atoms with Crippen LogP contribution in [0.4, 0.5) is 0 Å². The molecule has 0 N–H and O–H groups in total. The minimum absolute atomic E-state index is 0.556. The summed E-state index contributed by atoms with van der Waals surface area (Å²) in [5, 5.41) is 9.65. The summed E-state index contributed by atoms with van der Waals surface area (Å²) >= 11 is 3.89. The van der Waals surface area contributed by atoms with Gasteiger partial charge in [0.15, 0.2) is 0 Å². The third kappa shape index (κ3) is 3.56. The zero-order valence-corrected chi connectivity index (χ0v) is 3.12. The van der Waals surface area contributed by atoms with Crippen LogP contribution < -0.4 is 5.11 Å². The number of carboxylic acids is 1. The van der Waals surface area contributed by atoms with Gasteiger partial charge in [0.2, 0.25) is 0 Å².